The van der Waals surface area contributed by atoms with Crippen molar-refractivity contribution in [3.63, 3.8) is 0 Å². The molecule has 0 aliphatic carbocycles. The number of aliphatic hydroxyl groups excluding tert-OH is 1. The smallest absolute Gasteiger partial charge is 0.223 e. The lowest BCUT2D eigenvalue weighted by atomic mass is 10.1. The van der Waals surface area contributed by atoms with Gasteiger partial charge >= 0.3 is 0 Å². The molecule has 0 spiro atoms. The van der Waals surface area contributed by atoms with Crippen molar-refractivity contribution in [1.29, 1.82) is 0 Å². The fraction of sp³-hybridized carbons (Fsp3) is 0.316. The molecule has 1 amide bonds. The largest absolute Gasteiger partial charge is 0.387 e. The summed E-state index contributed by atoms with van der Waals surface area (Å²) >= 11 is 0. The average molecular weight is 310 g/mol. The van der Waals surface area contributed by atoms with E-state index in [2.05, 4.69) is 4.90 Å². The van der Waals surface area contributed by atoms with Crippen molar-refractivity contribution in [3.8, 4) is 0 Å². The van der Waals surface area contributed by atoms with Crippen molar-refractivity contribution >= 4 is 17.3 Å². The molecule has 4 nitrogen and oxygen atoms in total. The Kier molecular flexibility index (Phi) is 4.63. The van der Waals surface area contributed by atoms with Crippen LogP contribution in [0.5, 0.6) is 0 Å². The molecule has 0 saturated carbocycles. The number of carbonyl (C=O) groups excluding carboxylic acids is 1. The van der Waals surface area contributed by atoms with Gasteiger partial charge in [0, 0.05) is 26.6 Å². The van der Waals surface area contributed by atoms with E-state index in [0.717, 1.165) is 29.9 Å². The second kappa shape index (κ2) is 6.84. The Balaban J connectivity index is 1.87. The van der Waals surface area contributed by atoms with Crippen LogP contribution in [0.4, 0.5) is 11.4 Å². The molecule has 2 aromatic rings. The number of amides is 1. The normalized spacial score (nSPS) is 15.7. The Morgan fingerprint density at radius 3 is 2.39 bits per heavy atom. The standard InChI is InChI=1S/C19H22N2O2/c1-15(22)21-13-7-12-20(17-10-5-6-11-18(17)21)14-19(23)16-8-3-2-4-9-16/h2-6,8-11,19,23H,7,12-14H2,1H3. The predicted molar refractivity (Wildman–Crippen MR) is 92.7 cm³/mol. The van der Waals surface area contributed by atoms with Crippen molar-refractivity contribution in [3.05, 3.63) is 60.2 Å². The number of carbonyl (C=O) groups is 1. The van der Waals surface area contributed by atoms with E-state index in [1.807, 2.05) is 59.5 Å². The van der Waals surface area contributed by atoms with Gasteiger partial charge in [-0.1, -0.05) is 42.5 Å². The first-order chi connectivity index (χ1) is 11.2. The van der Waals surface area contributed by atoms with Crippen LogP contribution in [0.15, 0.2) is 54.6 Å². The van der Waals surface area contributed by atoms with E-state index in [1.165, 1.54) is 0 Å². The Labute approximate surface area is 137 Å². The molecule has 1 aliphatic rings. The zero-order valence-electron chi connectivity index (χ0n) is 13.4. The molecule has 4 heteroatoms. The van der Waals surface area contributed by atoms with E-state index < -0.39 is 6.10 Å². The molecule has 120 valence electrons. The first-order valence-electron chi connectivity index (χ1n) is 8.02. The summed E-state index contributed by atoms with van der Waals surface area (Å²) in [6, 6.07) is 17.6. The van der Waals surface area contributed by atoms with Crippen molar-refractivity contribution < 1.29 is 9.90 Å². The van der Waals surface area contributed by atoms with E-state index >= 15 is 0 Å². The number of hydrogen-bond donors (Lipinski definition) is 1. The minimum atomic E-state index is -0.548. The third-order valence-corrected chi connectivity index (χ3v) is 4.28. The van der Waals surface area contributed by atoms with E-state index in [1.54, 1.807) is 6.92 Å². The summed E-state index contributed by atoms with van der Waals surface area (Å²) in [6.45, 7) is 3.66. The maximum Gasteiger partial charge on any atom is 0.223 e. The van der Waals surface area contributed by atoms with Crippen LogP contribution in [0.1, 0.15) is 25.0 Å². The fourth-order valence-electron chi connectivity index (χ4n) is 3.13. The summed E-state index contributed by atoms with van der Waals surface area (Å²) in [7, 11) is 0. The van der Waals surface area contributed by atoms with Gasteiger partial charge < -0.3 is 14.9 Å². The quantitative estimate of drug-likeness (QED) is 0.948. The molecule has 0 aromatic heterocycles. The highest BCUT2D eigenvalue weighted by molar-refractivity contribution is 5.95. The lowest BCUT2D eigenvalue weighted by Crippen LogP contribution is -2.29. The van der Waals surface area contributed by atoms with Crippen LogP contribution in [0.3, 0.4) is 0 Å². The van der Waals surface area contributed by atoms with Crippen LogP contribution in [0.2, 0.25) is 0 Å². The highest BCUT2D eigenvalue weighted by atomic mass is 16.3. The number of para-hydroxylation sites is 2. The number of anilines is 2. The zero-order valence-corrected chi connectivity index (χ0v) is 13.4. The van der Waals surface area contributed by atoms with E-state index in [-0.39, 0.29) is 5.91 Å². The van der Waals surface area contributed by atoms with Crippen LogP contribution >= 0.6 is 0 Å². The van der Waals surface area contributed by atoms with Gasteiger partial charge in [-0.3, -0.25) is 4.79 Å². The Morgan fingerprint density at radius 2 is 1.70 bits per heavy atom. The van der Waals surface area contributed by atoms with Gasteiger partial charge in [0.1, 0.15) is 0 Å². The molecule has 1 heterocycles. The molecular weight excluding hydrogens is 288 g/mol. The summed E-state index contributed by atoms with van der Waals surface area (Å²) < 4.78 is 0. The lowest BCUT2D eigenvalue weighted by molar-refractivity contribution is -0.116. The molecule has 0 bridgehead atoms. The average Bonchev–Trinajstić information content (AvgIpc) is 2.76. The summed E-state index contributed by atoms with van der Waals surface area (Å²) in [5, 5.41) is 10.5. The summed E-state index contributed by atoms with van der Waals surface area (Å²) in [5.74, 6) is 0.0582. The molecule has 23 heavy (non-hydrogen) atoms. The van der Waals surface area contributed by atoms with Gasteiger partial charge in [0.05, 0.1) is 17.5 Å². The number of rotatable bonds is 3. The first kappa shape index (κ1) is 15.6. The maximum absolute atomic E-state index is 11.9. The maximum atomic E-state index is 11.9. The minimum Gasteiger partial charge on any atom is -0.387 e. The first-order valence-corrected chi connectivity index (χ1v) is 8.02. The number of nitrogens with zero attached hydrogens (tertiary/aromatic N) is 2. The topological polar surface area (TPSA) is 43.8 Å². The van der Waals surface area contributed by atoms with Gasteiger partial charge in [0.15, 0.2) is 0 Å². The van der Waals surface area contributed by atoms with E-state index in [4.69, 9.17) is 0 Å². The molecule has 3 rings (SSSR count). The van der Waals surface area contributed by atoms with Crippen LogP contribution < -0.4 is 9.80 Å². The second-order valence-corrected chi connectivity index (χ2v) is 5.89. The summed E-state index contributed by atoms with van der Waals surface area (Å²) in [6.07, 6.45) is 0.337. The van der Waals surface area contributed by atoms with Gasteiger partial charge in [0.2, 0.25) is 5.91 Å². The second-order valence-electron chi connectivity index (χ2n) is 5.89. The number of fused-ring (bicyclic) bond motifs is 1. The van der Waals surface area contributed by atoms with Crippen molar-refractivity contribution in [2.24, 2.45) is 0 Å². The van der Waals surface area contributed by atoms with Crippen LogP contribution in [-0.4, -0.2) is 30.6 Å². The molecule has 1 unspecified atom stereocenters. The molecule has 1 atom stereocenters. The molecule has 0 saturated heterocycles. The Morgan fingerprint density at radius 1 is 1.04 bits per heavy atom. The monoisotopic (exact) mass is 310 g/mol. The Bertz CT molecular complexity index is 672. The highest BCUT2D eigenvalue weighted by Gasteiger charge is 2.24. The molecule has 0 fully saturated rings. The van der Waals surface area contributed by atoms with Crippen molar-refractivity contribution in [2.45, 2.75) is 19.4 Å². The van der Waals surface area contributed by atoms with Gasteiger partial charge in [-0.2, -0.15) is 0 Å². The minimum absolute atomic E-state index is 0.0582. The SMILES string of the molecule is CC(=O)N1CCCN(CC(O)c2ccccc2)c2ccccc21. The predicted octanol–water partition coefficient (Wildman–Crippen LogP) is 2.98. The van der Waals surface area contributed by atoms with E-state index in [0.29, 0.717) is 13.1 Å². The molecular formula is C19H22N2O2. The van der Waals surface area contributed by atoms with Crippen molar-refractivity contribution in [2.75, 3.05) is 29.4 Å². The summed E-state index contributed by atoms with van der Waals surface area (Å²) in [4.78, 5) is 15.9. The molecule has 0 radical (unpaired) electrons. The van der Waals surface area contributed by atoms with Crippen LogP contribution in [-0.2, 0) is 4.79 Å². The van der Waals surface area contributed by atoms with E-state index in [9.17, 15) is 9.90 Å². The van der Waals surface area contributed by atoms with Crippen LogP contribution in [0.25, 0.3) is 0 Å². The molecule has 2 aromatic carbocycles. The molecule has 1 aliphatic heterocycles. The lowest BCUT2D eigenvalue weighted by Gasteiger charge is -2.28. The van der Waals surface area contributed by atoms with Gasteiger partial charge in [-0.15, -0.1) is 0 Å². The number of β-amino-alcohol motifs (C(OH)–C–C–N with tert-alkyl or cyclic N) is 1. The van der Waals surface area contributed by atoms with Gasteiger partial charge in [-0.25, -0.2) is 0 Å². The number of aliphatic hydroxyl groups is 1. The fourth-order valence-corrected chi connectivity index (χ4v) is 3.13. The number of benzene rings is 2. The van der Waals surface area contributed by atoms with Crippen molar-refractivity contribution in [1.82, 2.24) is 0 Å². The third-order valence-electron chi connectivity index (χ3n) is 4.28. The van der Waals surface area contributed by atoms with Crippen LogP contribution in [0, 0.1) is 0 Å². The third kappa shape index (κ3) is 3.37. The van der Waals surface area contributed by atoms with Gasteiger partial charge in [0.25, 0.3) is 0 Å². The molecule has 1 N–H and O–H groups in total. The number of hydrogen-bond acceptors (Lipinski definition) is 3. The Hall–Kier alpha value is -2.33. The van der Waals surface area contributed by atoms with Gasteiger partial charge in [-0.05, 0) is 24.1 Å². The zero-order chi connectivity index (χ0) is 16.2. The summed E-state index contributed by atoms with van der Waals surface area (Å²) in [5.41, 5.74) is 2.85. The highest BCUT2D eigenvalue weighted by Crippen LogP contribution is 2.33.